The number of nitrogens with one attached hydrogen (secondary N) is 2. The average Bonchev–Trinajstić information content (AvgIpc) is 3.04. The first-order valence-electron chi connectivity index (χ1n) is 7.84. The van der Waals surface area contributed by atoms with Gasteiger partial charge in [-0.25, -0.2) is 0 Å². The maximum absolute atomic E-state index is 12.4. The Bertz CT molecular complexity index is 923. The number of aromatic nitrogens is 2. The fraction of sp³-hybridized carbons (Fsp3) is 0.222. The largest absolute Gasteiger partial charge is 0.494 e. The number of amides is 1. The number of hydrogen-bond donors (Lipinski definition) is 2. The van der Waals surface area contributed by atoms with Crippen molar-refractivity contribution in [2.45, 2.75) is 13.3 Å². The molecule has 0 fully saturated rings. The minimum absolute atomic E-state index is 0.171. The number of nitrogens with zero attached hydrogens (tertiary/aromatic N) is 1. The number of carbonyl (C=O) groups excluding carboxylic acids is 1. The monoisotopic (exact) mass is 325 g/mol. The summed E-state index contributed by atoms with van der Waals surface area (Å²) in [5.74, 6) is 0.534. The molecule has 1 amide bonds. The van der Waals surface area contributed by atoms with E-state index < -0.39 is 0 Å². The van der Waals surface area contributed by atoms with Crippen LogP contribution in [0, 0.1) is 0 Å². The van der Waals surface area contributed by atoms with Crippen LogP contribution >= 0.6 is 0 Å². The normalized spacial score (nSPS) is 10.8. The number of carbonyl (C=O) groups is 1. The van der Waals surface area contributed by atoms with E-state index in [1.807, 2.05) is 31.2 Å². The van der Waals surface area contributed by atoms with E-state index in [1.165, 1.54) is 6.07 Å². The second-order valence-corrected chi connectivity index (χ2v) is 5.42. The zero-order valence-corrected chi connectivity index (χ0v) is 13.6. The molecule has 0 saturated heterocycles. The van der Waals surface area contributed by atoms with Crippen molar-refractivity contribution in [2.24, 2.45) is 0 Å². The summed E-state index contributed by atoms with van der Waals surface area (Å²) in [6.07, 6.45) is 0.936. The third-order valence-electron chi connectivity index (χ3n) is 3.72. The van der Waals surface area contributed by atoms with Crippen molar-refractivity contribution in [3.63, 3.8) is 0 Å². The molecule has 0 aliphatic carbocycles. The maximum atomic E-state index is 12.4. The Hall–Kier alpha value is -3.02. The number of hydrogen-bond acceptors (Lipinski definition) is 3. The van der Waals surface area contributed by atoms with E-state index in [-0.39, 0.29) is 11.5 Å². The Morgan fingerprint density at radius 3 is 2.62 bits per heavy atom. The second-order valence-electron chi connectivity index (χ2n) is 5.42. The van der Waals surface area contributed by atoms with Crippen molar-refractivity contribution >= 4 is 16.9 Å². The Balaban J connectivity index is 2.07. The molecule has 0 aliphatic heterocycles. The molecule has 0 spiro atoms. The highest BCUT2D eigenvalue weighted by molar-refractivity contribution is 5.97. The molecule has 0 unspecified atom stereocenters. The highest BCUT2D eigenvalue weighted by Gasteiger charge is 2.12. The molecule has 2 N–H and O–H groups in total. The van der Waals surface area contributed by atoms with E-state index in [0.29, 0.717) is 23.6 Å². The topological polar surface area (TPSA) is 76.1 Å². The lowest BCUT2D eigenvalue weighted by molar-refractivity contribution is 0.0959. The average molecular weight is 325 g/mol. The molecule has 2 aromatic heterocycles. The molecule has 0 radical (unpaired) electrons. The van der Waals surface area contributed by atoms with Crippen LogP contribution in [0.25, 0.3) is 16.7 Å². The molecule has 124 valence electrons. The first-order chi connectivity index (χ1) is 11.6. The van der Waals surface area contributed by atoms with Crippen molar-refractivity contribution in [2.75, 3.05) is 13.7 Å². The summed E-state index contributed by atoms with van der Waals surface area (Å²) >= 11 is 0. The standard InChI is InChI=1S/C18H19N3O3/c1-3-10-24-14-7-5-13(6-8-14)21-16(22)9-4-12-11-15(18(23)19-2)20-17(12)21/h4-9,11,20H,3,10H2,1-2H3,(H,19,23). The van der Waals surface area contributed by atoms with Gasteiger partial charge >= 0.3 is 0 Å². The number of H-pyrrole nitrogens is 1. The SMILES string of the molecule is CCCOc1ccc(-n2c(=O)ccc3cc(C(=O)NC)[nH]c32)cc1. The van der Waals surface area contributed by atoms with Crippen LogP contribution in [0.3, 0.4) is 0 Å². The Morgan fingerprint density at radius 1 is 1.21 bits per heavy atom. The number of rotatable bonds is 5. The third kappa shape index (κ3) is 2.90. The van der Waals surface area contributed by atoms with E-state index in [0.717, 1.165) is 17.6 Å². The zero-order valence-electron chi connectivity index (χ0n) is 13.6. The van der Waals surface area contributed by atoms with Gasteiger partial charge in [0.25, 0.3) is 11.5 Å². The summed E-state index contributed by atoms with van der Waals surface area (Å²) in [6, 6.07) is 12.2. The van der Waals surface area contributed by atoms with Crippen molar-refractivity contribution in [1.29, 1.82) is 0 Å². The van der Waals surface area contributed by atoms with E-state index >= 15 is 0 Å². The molecule has 6 heteroatoms. The molecule has 0 bridgehead atoms. The summed E-state index contributed by atoms with van der Waals surface area (Å²) in [7, 11) is 1.57. The first-order valence-corrected chi connectivity index (χ1v) is 7.84. The molecule has 2 heterocycles. The van der Waals surface area contributed by atoms with Crippen LogP contribution in [0.1, 0.15) is 23.8 Å². The zero-order chi connectivity index (χ0) is 17.1. The molecule has 3 aromatic rings. The van der Waals surface area contributed by atoms with Gasteiger partial charge in [-0.2, -0.15) is 0 Å². The highest BCUT2D eigenvalue weighted by atomic mass is 16.5. The van der Waals surface area contributed by atoms with Crippen molar-refractivity contribution < 1.29 is 9.53 Å². The smallest absolute Gasteiger partial charge is 0.267 e. The molecular weight excluding hydrogens is 306 g/mol. The van der Waals surface area contributed by atoms with Crippen molar-refractivity contribution in [3.05, 3.63) is 58.5 Å². The van der Waals surface area contributed by atoms with Gasteiger partial charge in [0.15, 0.2) is 0 Å². The molecular formula is C18H19N3O3. The minimum Gasteiger partial charge on any atom is -0.494 e. The summed E-state index contributed by atoms with van der Waals surface area (Å²) in [5.41, 5.74) is 1.54. The van der Waals surface area contributed by atoms with Crippen LogP contribution in [0.15, 0.2) is 47.3 Å². The molecule has 0 atom stereocenters. The Kier molecular flexibility index (Phi) is 4.37. The van der Waals surface area contributed by atoms with Gasteiger partial charge in [-0.3, -0.25) is 14.2 Å². The fourth-order valence-electron chi connectivity index (χ4n) is 2.54. The van der Waals surface area contributed by atoms with Gasteiger partial charge in [0.05, 0.1) is 12.3 Å². The van der Waals surface area contributed by atoms with Gasteiger partial charge in [-0.1, -0.05) is 6.92 Å². The summed E-state index contributed by atoms with van der Waals surface area (Å²) < 4.78 is 7.11. The number of benzene rings is 1. The number of pyridine rings is 1. The predicted octanol–water partition coefficient (Wildman–Crippen LogP) is 2.47. The van der Waals surface area contributed by atoms with Crippen molar-refractivity contribution in [3.8, 4) is 11.4 Å². The lowest BCUT2D eigenvalue weighted by atomic mass is 10.2. The van der Waals surface area contributed by atoms with Gasteiger partial charge in [-0.15, -0.1) is 0 Å². The van der Waals surface area contributed by atoms with Gasteiger partial charge in [0.2, 0.25) is 0 Å². The summed E-state index contributed by atoms with van der Waals surface area (Å²) in [6.45, 7) is 2.70. The van der Waals surface area contributed by atoms with Crippen LogP contribution < -0.4 is 15.6 Å². The lowest BCUT2D eigenvalue weighted by Gasteiger charge is -2.09. The van der Waals surface area contributed by atoms with Gasteiger partial charge in [0, 0.05) is 18.5 Å². The fourth-order valence-corrected chi connectivity index (χ4v) is 2.54. The molecule has 0 aliphatic rings. The first kappa shape index (κ1) is 15.9. The van der Waals surface area contributed by atoms with Gasteiger partial charge < -0.3 is 15.0 Å². The van der Waals surface area contributed by atoms with E-state index in [1.54, 1.807) is 23.7 Å². The number of fused-ring (bicyclic) bond motifs is 1. The molecule has 1 aromatic carbocycles. The molecule has 3 rings (SSSR count). The lowest BCUT2D eigenvalue weighted by Crippen LogP contribution is -2.19. The number of ether oxygens (including phenoxy) is 1. The second kappa shape index (κ2) is 6.62. The van der Waals surface area contributed by atoms with E-state index in [2.05, 4.69) is 10.3 Å². The van der Waals surface area contributed by atoms with E-state index in [9.17, 15) is 9.59 Å². The van der Waals surface area contributed by atoms with Crippen LogP contribution in [0.2, 0.25) is 0 Å². The maximum Gasteiger partial charge on any atom is 0.267 e. The van der Waals surface area contributed by atoms with Crippen molar-refractivity contribution in [1.82, 2.24) is 14.9 Å². The molecule has 0 saturated carbocycles. The Labute approximate surface area is 139 Å². The minimum atomic E-state index is -0.228. The van der Waals surface area contributed by atoms with Crippen LogP contribution in [-0.4, -0.2) is 29.1 Å². The van der Waals surface area contributed by atoms with Crippen LogP contribution in [0.4, 0.5) is 0 Å². The Morgan fingerprint density at radius 2 is 1.96 bits per heavy atom. The molecule has 6 nitrogen and oxygen atoms in total. The van der Waals surface area contributed by atoms with Gasteiger partial charge in [0.1, 0.15) is 17.1 Å². The van der Waals surface area contributed by atoms with Crippen LogP contribution in [0.5, 0.6) is 5.75 Å². The quantitative estimate of drug-likeness (QED) is 0.756. The highest BCUT2D eigenvalue weighted by Crippen LogP contribution is 2.20. The predicted molar refractivity (Wildman–Crippen MR) is 93.1 cm³/mol. The third-order valence-corrected chi connectivity index (χ3v) is 3.72. The van der Waals surface area contributed by atoms with Gasteiger partial charge in [-0.05, 0) is 42.8 Å². The summed E-state index contributed by atoms with van der Waals surface area (Å²) in [4.78, 5) is 27.2. The van der Waals surface area contributed by atoms with E-state index in [4.69, 9.17) is 4.74 Å². The molecule has 24 heavy (non-hydrogen) atoms. The summed E-state index contributed by atoms with van der Waals surface area (Å²) in [5, 5.41) is 3.36. The van der Waals surface area contributed by atoms with Crippen LogP contribution in [-0.2, 0) is 0 Å². The number of aromatic amines is 1.